The molecule has 1 saturated carbocycles. The van der Waals surface area contributed by atoms with Gasteiger partial charge in [0.2, 0.25) is 15.9 Å². The summed E-state index contributed by atoms with van der Waals surface area (Å²) < 4.78 is 28.0. The number of carbonyl (C=O) groups excluding carboxylic acids is 1. The van der Waals surface area contributed by atoms with E-state index in [1.807, 2.05) is 32.0 Å². The van der Waals surface area contributed by atoms with E-state index in [2.05, 4.69) is 4.72 Å². The van der Waals surface area contributed by atoms with Crippen molar-refractivity contribution in [2.24, 2.45) is 0 Å². The standard InChI is InChI=1S/C17H26N2O3S/c1-3-19(4-2)17(20)16(14-10-6-5-7-11-14)18-23(21,22)15-12-8-9-13-15/h5-7,10-11,15-16,18H,3-4,8-9,12-13H2,1-2H3/t16-/m0/s1. The van der Waals surface area contributed by atoms with Gasteiger partial charge in [-0.3, -0.25) is 4.79 Å². The van der Waals surface area contributed by atoms with Gasteiger partial charge in [0.25, 0.3) is 0 Å². The van der Waals surface area contributed by atoms with Crippen LogP contribution in [-0.4, -0.2) is 37.6 Å². The zero-order chi connectivity index (χ0) is 16.9. The Morgan fingerprint density at radius 2 is 1.74 bits per heavy atom. The lowest BCUT2D eigenvalue weighted by Gasteiger charge is -2.27. The van der Waals surface area contributed by atoms with Gasteiger partial charge in [-0.05, 0) is 32.3 Å². The van der Waals surface area contributed by atoms with Crippen LogP contribution < -0.4 is 4.72 Å². The van der Waals surface area contributed by atoms with Crippen LogP contribution in [0.2, 0.25) is 0 Å². The highest BCUT2D eigenvalue weighted by Gasteiger charge is 2.34. The number of sulfonamides is 1. The average Bonchev–Trinajstić information content (AvgIpc) is 3.10. The summed E-state index contributed by atoms with van der Waals surface area (Å²) in [5.41, 5.74) is 0.686. The molecule has 0 bridgehead atoms. The Kier molecular flexibility index (Phi) is 6.18. The molecule has 2 rings (SSSR count). The molecule has 0 aromatic heterocycles. The Morgan fingerprint density at radius 3 is 2.26 bits per heavy atom. The van der Waals surface area contributed by atoms with Gasteiger partial charge in [0, 0.05) is 13.1 Å². The molecular formula is C17H26N2O3S. The topological polar surface area (TPSA) is 66.5 Å². The van der Waals surface area contributed by atoms with E-state index in [0.29, 0.717) is 31.5 Å². The van der Waals surface area contributed by atoms with Crippen molar-refractivity contribution in [2.75, 3.05) is 13.1 Å². The Hall–Kier alpha value is -1.40. The fraction of sp³-hybridized carbons (Fsp3) is 0.588. The monoisotopic (exact) mass is 338 g/mol. The van der Waals surface area contributed by atoms with Crippen molar-refractivity contribution >= 4 is 15.9 Å². The fourth-order valence-corrected chi connectivity index (χ4v) is 4.80. The third-order valence-electron chi connectivity index (χ3n) is 4.48. The van der Waals surface area contributed by atoms with Crippen LogP contribution in [0.5, 0.6) is 0 Å². The molecule has 0 aliphatic heterocycles. The number of hydrogen-bond donors (Lipinski definition) is 1. The predicted molar refractivity (Wildman–Crippen MR) is 91.4 cm³/mol. The van der Waals surface area contributed by atoms with E-state index in [4.69, 9.17) is 0 Å². The number of carbonyl (C=O) groups is 1. The van der Waals surface area contributed by atoms with Gasteiger partial charge < -0.3 is 4.90 Å². The van der Waals surface area contributed by atoms with E-state index >= 15 is 0 Å². The molecule has 0 heterocycles. The minimum atomic E-state index is -3.50. The highest BCUT2D eigenvalue weighted by Crippen LogP contribution is 2.26. The maximum absolute atomic E-state index is 12.8. The molecule has 0 unspecified atom stereocenters. The van der Waals surface area contributed by atoms with Gasteiger partial charge in [0.1, 0.15) is 6.04 Å². The van der Waals surface area contributed by atoms with Crippen molar-refractivity contribution in [3.63, 3.8) is 0 Å². The van der Waals surface area contributed by atoms with E-state index in [-0.39, 0.29) is 11.2 Å². The van der Waals surface area contributed by atoms with Crippen LogP contribution in [0.3, 0.4) is 0 Å². The molecular weight excluding hydrogens is 312 g/mol. The Bertz CT molecular complexity index is 606. The summed E-state index contributed by atoms with van der Waals surface area (Å²) in [5.74, 6) is -0.192. The molecule has 1 aromatic carbocycles. The smallest absolute Gasteiger partial charge is 0.245 e. The average molecular weight is 338 g/mol. The number of rotatable bonds is 7. The Balaban J connectivity index is 2.28. The lowest BCUT2D eigenvalue weighted by Crippen LogP contribution is -2.45. The van der Waals surface area contributed by atoms with E-state index in [0.717, 1.165) is 12.8 Å². The van der Waals surface area contributed by atoms with Crippen LogP contribution in [0, 0.1) is 0 Å². The molecule has 6 heteroatoms. The van der Waals surface area contributed by atoms with Gasteiger partial charge in [-0.25, -0.2) is 8.42 Å². The maximum Gasteiger partial charge on any atom is 0.245 e. The van der Waals surface area contributed by atoms with Gasteiger partial charge in [-0.1, -0.05) is 43.2 Å². The summed E-state index contributed by atoms with van der Waals surface area (Å²) >= 11 is 0. The third kappa shape index (κ3) is 4.32. The van der Waals surface area contributed by atoms with Crippen molar-refractivity contribution in [3.8, 4) is 0 Å². The molecule has 1 fully saturated rings. The molecule has 0 spiro atoms. The van der Waals surface area contributed by atoms with Crippen molar-refractivity contribution in [1.82, 2.24) is 9.62 Å². The van der Waals surface area contributed by atoms with E-state index < -0.39 is 16.1 Å². The number of hydrogen-bond acceptors (Lipinski definition) is 3. The number of benzene rings is 1. The highest BCUT2D eigenvalue weighted by molar-refractivity contribution is 7.90. The van der Waals surface area contributed by atoms with Gasteiger partial charge in [-0.2, -0.15) is 4.72 Å². The minimum absolute atomic E-state index is 0.192. The van der Waals surface area contributed by atoms with Crippen LogP contribution >= 0.6 is 0 Å². The minimum Gasteiger partial charge on any atom is -0.342 e. The molecule has 23 heavy (non-hydrogen) atoms. The van der Waals surface area contributed by atoms with Gasteiger partial charge in [-0.15, -0.1) is 0 Å². The van der Waals surface area contributed by atoms with Crippen LogP contribution in [0.1, 0.15) is 51.1 Å². The fourth-order valence-electron chi connectivity index (χ4n) is 3.08. The van der Waals surface area contributed by atoms with Crippen molar-refractivity contribution < 1.29 is 13.2 Å². The summed E-state index contributed by atoms with van der Waals surface area (Å²) in [6.45, 7) is 4.91. The van der Waals surface area contributed by atoms with Crippen LogP contribution in [0.15, 0.2) is 30.3 Å². The summed E-state index contributed by atoms with van der Waals surface area (Å²) in [6.07, 6.45) is 3.23. The van der Waals surface area contributed by atoms with Crippen LogP contribution in [0.25, 0.3) is 0 Å². The summed E-state index contributed by atoms with van der Waals surface area (Å²) in [5, 5.41) is -0.377. The Labute approximate surface area is 139 Å². The lowest BCUT2D eigenvalue weighted by molar-refractivity contribution is -0.132. The second-order valence-electron chi connectivity index (χ2n) is 5.92. The molecule has 1 aliphatic carbocycles. The molecule has 1 aromatic rings. The SMILES string of the molecule is CCN(CC)C(=O)[C@@H](NS(=O)(=O)C1CCCC1)c1ccccc1. The van der Waals surface area contributed by atoms with E-state index in [9.17, 15) is 13.2 Å². The first-order valence-corrected chi connectivity index (χ1v) is 9.89. The predicted octanol–water partition coefficient (Wildman–Crippen LogP) is 2.46. The number of amides is 1. The zero-order valence-corrected chi connectivity index (χ0v) is 14.7. The van der Waals surface area contributed by atoms with Crippen LogP contribution in [-0.2, 0) is 14.8 Å². The summed E-state index contributed by atoms with van der Waals surface area (Å²) in [7, 11) is -3.50. The first-order valence-electron chi connectivity index (χ1n) is 8.34. The van der Waals surface area contributed by atoms with Crippen LogP contribution in [0.4, 0.5) is 0 Å². The maximum atomic E-state index is 12.8. The molecule has 1 atom stereocenters. The first kappa shape index (κ1) is 17.9. The normalized spacial score (nSPS) is 17.1. The second-order valence-corrected chi connectivity index (χ2v) is 7.92. The first-order chi connectivity index (χ1) is 11.0. The van der Waals surface area contributed by atoms with Gasteiger partial charge in [0.15, 0.2) is 0 Å². The van der Waals surface area contributed by atoms with Gasteiger partial charge in [0.05, 0.1) is 5.25 Å². The van der Waals surface area contributed by atoms with Gasteiger partial charge >= 0.3 is 0 Å². The molecule has 1 aliphatic rings. The molecule has 0 saturated heterocycles. The lowest BCUT2D eigenvalue weighted by atomic mass is 10.1. The number of nitrogens with one attached hydrogen (secondary N) is 1. The quantitative estimate of drug-likeness (QED) is 0.830. The van der Waals surface area contributed by atoms with Crippen molar-refractivity contribution in [1.29, 1.82) is 0 Å². The number of nitrogens with zero attached hydrogens (tertiary/aromatic N) is 1. The second kappa shape index (κ2) is 7.93. The molecule has 128 valence electrons. The largest absolute Gasteiger partial charge is 0.342 e. The van der Waals surface area contributed by atoms with E-state index in [1.54, 1.807) is 17.0 Å². The molecule has 0 radical (unpaired) electrons. The molecule has 1 N–H and O–H groups in total. The molecule has 5 nitrogen and oxygen atoms in total. The van der Waals surface area contributed by atoms with Crippen molar-refractivity contribution in [2.45, 2.75) is 50.8 Å². The molecule has 1 amide bonds. The number of likely N-dealkylation sites (N-methyl/N-ethyl adjacent to an activating group) is 1. The zero-order valence-electron chi connectivity index (χ0n) is 13.9. The third-order valence-corrected chi connectivity index (χ3v) is 6.39. The highest BCUT2D eigenvalue weighted by atomic mass is 32.2. The summed E-state index contributed by atoms with van der Waals surface area (Å²) in [4.78, 5) is 14.5. The van der Waals surface area contributed by atoms with E-state index in [1.165, 1.54) is 0 Å². The Morgan fingerprint density at radius 1 is 1.17 bits per heavy atom. The van der Waals surface area contributed by atoms with Crippen molar-refractivity contribution in [3.05, 3.63) is 35.9 Å². The summed E-state index contributed by atoms with van der Waals surface area (Å²) in [6, 6.07) is 8.24.